The second-order valence-corrected chi connectivity index (χ2v) is 8.38. The first kappa shape index (κ1) is 21.9. The van der Waals surface area contributed by atoms with Crippen LogP contribution >= 0.6 is 12.8 Å². The maximum absolute atomic E-state index is 13.2. The Kier molecular flexibility index (Phi) is 5.92. The van der Waals surface area contributed by atoms with E-state index in [-0.39, 0.29) is 11.6 Å². The number of hydrogen-bond donors (Lipinski definition) is 1. The zero-order valence-corrected chi connectivity index (χ0v) is 19.7. The predicted octanol–water partition coefficient (Wildman–Crippen LogP) is 3.94. The molecule has 4 aromatic rings. The lowest BCUT2D eigenvalue weighted by Crippen LogP contribution is -2.21. The second-order valence-electron chi connectivity index (χ2n) is 7.98. The van der Waals surface area contributed by atoms with Crippen molar-refractivity contribution in [1.82, 2.24) is 23.5 Å². The van der Waals surface area contributed by atoms with Crippen molar-refractivity contribution >= 4 is 35.5 Å². The van der Waals surface area contributed by atoms with E-state index in [1.54, 1.807) is 17.9 Å². The van der Waals surface area contributed by atoms with Crippen molar-refractivity contribution in [3.63, 3.8) is 0 Å². The van der Waals surface area contributed by atoms with E-state index in [2.05, 4.69) is 17.8 Å². The Morgan fingerprint density at radius 3 is 2.44 bits per heavy atom. The molecule has 4 rings (SSSR count). The molecule has 166 valence electrons. The molecule has 1 aromatic carbocycles. The zero-order valence-electron chi connectivity index (χ0n) is 18.8. The molecule has 8 nitrogen and oxygen atoms in total. The summed E-state index contributed by atoms with van der Waals surface area (Å²) in [5.74, 6) is 2.11. The molecule has 9 heteroatoms. The third-order valence-electron chi connectivity index (χ3n) is 5.35. The number of aromatic nitrogens is 5. The van der Waals surface area contributed by atoms with E-state index >= 15 is 0 Å². The van der Waals surface area contributed by atoms with Gasteiger partial charge in [0, 0.05) is 30.5 Å². The molecular formula is C23H26N6O2S. The number of pyridine rings is 1. The molecule has 3 aromatic heterocycles. The maximum atomic E-state index is 13.2. The molecule has 0 saturated carbocycles. The highest BCUT2D eigenvalue weighted by Gasteiger charge is 2.23. The molecule has 0 aliphatic heterocycles. The summed E-state index contributed by atoms with van der Waals surface area (Å²) in [4.78, 5) is 29.0. The maximum Gasteiger partial charge on any atom is 0.340 e. The van der Waals surface area contributed by atoms with Crippen LogP contribution in [0.3, 0.4) is 0 Å². The predicted molar refractivity (Wildman–Crippen MR) is 129 cm³/mol. The van der Waals surface area contributed by atoms with Crippen LogP contribution in [0.1, 0.15) is 36.8 Å². The molecule has 0 unspecified atom stereocenters. The Morgan fingerprint density at radius 1 is 1.12 bits per heavy atom. The molecule has 0 spiro atoms. The summed E-state index contributed by atoms with van der Waals surface area (Å²) >= 11 is 4.50. The van der Waals surface area contributed by atoms with Gasteiger partial charge in [-0.3, -0.25) is 9.55 Å². The Balaban J connectivity index is 1.90. The normalized spacial score (nSPS) is 11.3. The summed E-state index contributed by atoms with van der Waals surface area (Å²) in [6.07, 6.45) is 1.78. The minimum Gasteiger partial charge on any atom is -0.497 e. The van der Waals surface area contributed by atoms with Crippen molar-refractivity contribution in [2.45, 2.75) is 33.2 Å². The molecule has 0 amide bonds. The summed E-state index contributed by atoms with van der Waals surface area (Å²) in [6.45, 7) is 6.33. The standard InChI is InChI=1S/C23H26N6O2S/c1-14(2)20-25-21(27(4)17-8-10-18(31-5)11-9-17)19-22(26-20)28(23(30)29(19)32)13-16-7-6-15(3)24-12-16/h6-12,14,32H,13H2,1-5H3. The third-order valence-corrected chi connectivity index (χ3v) is 5.72. The summed E-state index contributed by atoms with van der Waals surface area (Å²) in [5.41, 5.74) is 3.56. The lowest BCUT2D eigenvalue weighted by atomic mass is 10.2. The molecule has 0 N–H and O–H groups in total. The number of benzene rings is 1. The van der Waals surface area contributed by atoms with Crippen LogP contribution in [0.15, 0.2) is 47.4 Å². The molecule has 0 fully saturated rings. The van der Waals surface area contributed by atoms with Gasteiger partial charge < -0.3 is 9.64 Å². The molecule has 0 aliphatic rings. The van der Waals surface area contributed by atoms with E-state index in [0.717, 1.165) is 22.7 Å². The summed E-state index contributed by atoms with van der Waals surface area (Å²) in [6, 6.07) is 11.5. The van der Waals surface area contributed by atoms with Gasteiger partial charge in [0.1, 0.15) is 17.1 Å². The van der Waals surface area contributed by atoms with E-state index in [9.17, 15) is 4.79 Å². The number of ether oxygens (including phenoxy) is 1. The lowest BCUT2D eigenvalue weighted by Gasteiger charge is -2.21. The van der Waals surface area contributed by atoms with E-state index in [1.807, 2.05) is 69.1 Å². The summed E-state index contributed by atoms with van der Waals surface area (Å²) < 4.78 is 8.20. The van der Waals surface area contributed by atoms with Crippen molar-refractivity contribution in [3.8, 4) is 5.75 Å². The number of methoxy groups -OCH3 is 1. The highest BCUT2D eigenvalue weighted by molar-refractivity contribution is 7.78. The van der Waals surface area contributed by atoms with Crippen LogP contribution < -0.4 is 15.3 Å². The minimum atomic E-state index is -0.275. The molecule has 0 atom stereocenters. The highest BCUT2D eigenvalue weighted by Crippen LogP contribution is 2.31. The van der Waals surface area contributed by atoms with E-state index in [1.165, 1.54) is 3.97 Å². The SMILES string of the molecule is COc1ccc(N(C)c2nc(C(C)C)nc3c2n(S)c(=O)n3Cc2ccc(C)nc2)cc1. The average Bonchev–Trinajstić information content (AvgIpc) is 3.04. The number of thiol groups is 1. The Hall–Kier alpha value is -3.33. The fourth-order valence-corrected chi connectivity index (χ4v) is 3.75. The van der Waals surface area contributed by atoms with Crippen LogP contribution in [0.5, 0.6) is 5.75 Å². The molecule has 0 aliphatic carbocycles. The largest absolute Gasteiger partial charge is 0.497 e. The van der Waals surface area contributed by atoms with E-state index in [4.69, 9.17) is 14.7 Å². The molecule has 0 bridgehead atoms. The molecular weight excluding hydrogens is 424 g/mol. The third kappa shape index (κ3) is 3.95. The van der Waals surface area contributed by atoms with Crippen LogP contribution in [-0.2, 0) is 6.54 Å². The smallest absolute Gasteiger partial charge is 0.340 e. The quantitative estimate of drug-likeness (QED) is 0.449. The van der Waals surface area contributed by atoms with Crippen molar-refractivity contribution in [3.05, 3.63) is 70.2 Å². The van der Waals surface area contributed by atoms with Crippen LogP contribution in [0.4, 0.5) is 11.5 Å². The summed E-state index contributed by atoms with van der Waals surface area (Å²) in [5, 5.41) is 0. The molecule has 32 heavy (non-hydrogen) atoms. The summed E-state index contributed by atoms with van der Waals surface area (Å²) in [7, 11) is 3.54. The lowest BCUT2D eigenvalue weighted by molar-refractivity contribution is 0.415. The highest BCUT2D eigenvalue weighted by atomic mass is 32.1. The van der Waals surface area contributed by atoms with Gasteiger partial charge in [-0.05, 0) is 42.8 Å². The van der Waals surface area contributed by atoms with Gasteiger partial charge in [-0.2, -0.15) is 0 Å². The number of imidazole rings is 1. The number of rotatable bonds is 6. The fourth-order valence-electron chi connectivity index (χ4n) is 3.46. The van der Waals surface area contributed by atoms with E-state index < -0.39 is 0 Å². The Bertz CT molecular complexity index is 1310. The first-order valence-corrected chi connectivity index (χ1v) is 10.7. The average molecular weight is 451 g/mol. The van der Waals surface area contributed by atoms with Gasteiger partial charge in [-0.25, -0.2) is 18.7 Å². The topological polar surface area (TPSA) is 78.1 Å². The van der Waals surface area contributed by atoms with Crippen LogP contribution in [-0.4, -0.2) is 37.6 Å². The van der Waals surface area contributed by atoms with Crippen molar-refractivity contribution in [2.75, 3.05) is 19.1 Å². The van der Waals surface area contributed by atoms with Crippen molar-refractivity contribution < 1.29 is 4.74 Å². The van der Waals surface area contributed by atoms with Crippen LogP contribution in [0.2, 0.25) is 0 Å². The van der Waals surface area contributed by atoms with E-state index in [0.29, 0.717) is 29.4 Å². The van der Waals surface area contributed by atoms with Gasteiger partial charge in [0.15, 0.2) is 11.5 Å². The Labute approximate surface area is 192 Å². The number of anilines is 2. The van der Waals surface area contributed by atoms with Gasteiger partial charge >= 0.3 is 5.69 Å². The van der Waals surface area contributed by atoms with Crippen LogP contribution in [0.25, 0.3) is 11.2 Å². The van der Waals surface area contributed by atoms with Gasteiger partial charge in [0.25, 0.3) is 0 Å². The van der Waals surface area contributed by atoms with Crippen molar-refractivity contribution in [2.24, 2.45) is 0 Å². The van der Waals surface area contributed by atoms with Crippen LogP contribution in [0, 0.1) is 6.92 Å². The van der Waals surface area contributed by atoms with Gasteiger partial charge in [-0.15, -0.1) is 0 Å². The second kappa shape index (κ2) is 8.66. The first-order chi connectivity index (χ1) is 15.3. The van der Waals surface area contributed by atoms with Gasteiger partial charge in [0.05, 0.1) is 13.7 Å². The number of aryl methyl sites for hydroxylation is 1. The van der Waals surface area contributed by atoms with Gasteiger partial charge in [0.2, 0.25) is 0 Å². The molecule has 3 heterocycles. The molecule has 0 saturated heterocycles. The Morgan fingerprint density at radius 2 is 1.84 bits per heavy atom. The first-order valence-electron chi connectivity index (χ1n) is 10.3. The monoisotopic (exact) mass is 450 g/mol. The number of nitrogens with zero attached hydrogens (tertiary/aromatic N) is 6. The minimum absolute atomic E-state index is 0.0790. The van der Waals surface area contributed by atoms with Crippen molar-refractivity contribution in [1.29, 1.82) is 0 Å². The fraction of sp³-hybridized carbons (Fsp3) is 0.304. The number of hydrogen-bond acceptors (Lipinski definition) is 7. The number of fused-ring (bicyclic) bond motifs is 1. The molecule has 0 radical (unpaired) electrons. The van der Waals surface area contributed by atoms with Gasteiger partial charge in [-0.1, -0.05) is 32.7 Å². The zero-order chi connectivity index (χ0) is 23.0.